The van der Waals surface area contributed by atoms with Gasteiger partial charge in [-0.1, -0.05) is 6.42 Å². The first-order valence-electron chi connectivity index (χ1n) is 5.00. The van der Waals surface area contributed by atoms with Gasteiger partial charge in [-0.05, 0) is 31.6 Å². The molecule has 0 amide bonds. The second-order valence-electron chi connectivity index (χ2n) is 4.13. The van der Waals surface area contributed by atoms with Crippen LogP contribution in [-0.2, 0) is 4.79 Å². The van der Waals surface area contributed by atoms with Gasteiger partial charge in [-0.15, -0.1) is 0 Å². The van der Waals surface area contributed by atoms with Crippen LogP contribution in [0.2, 0.25) is 0 Å². The number of aliphatic hydroxyl groups is 1. The fourth-order valence-corrected chi connectivity index (χ4v) is 2.73. The molecule has 2 aliphatic rings. The Hall–Kier alpha value is -0.370. The van der Waals surface area contributed by atoms with Gasteiger partial charge in [0.25, 0.3) is 0 Å². The van der Waals surface area contributed by atoms with Crippen molar-refractivity contribution in [2.75, 3.05) is 0 Å². The van der Waals surface area contributed by atoms with Gasteiger partial charge in [-0.3, -0.25) is 4.79 Å². The number of Topliss-reactive ketones (excluding diaryl/α,β-unsaturated/α-hetero) is 1. The molecule has 2 saturated carbocycles. The van der Waals surface area contributed by atoms with Crippen LogP contribution in [0.15, 0.2) is 0 Å². The zero-order valence-corrected chi connectivity index (χ0v) is 7.33. The van der Waals surface area contributed by atoms with E-state index in [4.69, 9.17) is 0 Å². The Kier molecular flexibility index (Phi) is 2.18. The molecule has 68 valence electrons. The highest BCUT2D eigenvalue weighted by molar-refractivity contribution is 5.82. The summed E-state index contributed by atoms with van der Waals surface area (Å²) in [4.78, 5) is 11.5. The van der Waals surface area contributed by atoms with Gasteiger partial charge in [-0.25, -0.2) is 0 Å². The lowest BCUT2D eigenvalue weighted by molar-refractivity contribution is -0.131. The van der Waals surface area contributed by atoms with Crippen molar-refractivity contribution in [1.82, 2.24) is 0 Å². The Bertz CT molecular complexity index is 188. The van der Waals surface area contributed by atoms with E-state index in [0.29, 0.717) is 11.7 Å². The van der Waals surface area contributed by atoms with E-state index in [-0.39, 0.29) is 12.0 Å². The molecule has 2 fully saturated rings. The smallest absolute Gasteiger partial charge is 0.136 e. The van der Waals surface area contributed by atoms with Gasteiger partial charge in [0, 0.05) is 12.3 Å². The number of fused-ring (bicyclic) bond motifs is 1. The monoisotopic (exact) mass is 168 g/mol. The summed E-state index contributed by atoms with van der Waals surface area (Å²) < 4.78 is 0. The molecule has 0 heterocycles. The molecule has 0 spiro atoms. The maximum absolute atomic E-state index is 11.5. The molecule has 2 nitrogen and oxygen atoms in total. The summed E-state index contributed by atoms with van der Waals surface area (Å²) in [6, 6.07) is 0. The van der Waals surface area contributed by atoms with Crippen molar-refractivity contribution in [3.8, 4) is 0 Å². The molecule has 2 heteroatoms. The third kappa shape index (κ3) is 1.28. The number of rotatable bonds is 0. The third-order valence-corrected chi connectivity index (χ3v) is 3.40. The standard InChI is InChI=1S/C10H16O2/c11-9-5-1-3-7-8(9)4-2-6-10(7)12/h7-9,11H,1-6H2/t7-,8-,9-/m0/s1. The first-order chi connectivity index (χ1) is 5.79. The van der Waals surface area contributed by atoms with E-state index in [1.807, 2.05) is 0 Å². The number of hydrogen-bond acceptors (Lipinski definition) is 2. The molecule has 2 aliphatic carbocycles. The second kappa shape index (κ2) is 3.17. The van der Waals surface area contributed by atoms with Crippen LogP contribution < -0.4 is 0 Å². The van der Waals surface area contributed by atoms with E-state index in [9.17, 15) is 9.90 Å². The lowest BCUT2D eigenvalue weighted by atomic mass is 9.69. The fraction of sp³-hybridized carbons (Fsp3) is 0.900. The maximum atomic E-state index is 11.5. The third-order valence-electron chi connectivity index (χ3n) is 3.40. The van der Waals surface area contributed by atoms with Gasteiger partial charge in [0.1, 0.15) is 5.78 Å². The number of ketones is 1. The Morgan fingerprint density at radius 2 is 2.00 bits per heavy atom. The topological polar surface area (TPSA) is 37.3 Å². The molecule has 1 N–H and O–H groups in total. The van der Waals surface area contributed by atoms with E-state index >= 15 is 0 Å². The molecule has 3 atom stereocenters. The summed E-state index contributed by atoms with van der Waals surface area (Å²) in [6.45, 7) is 0. The average Bonchev–Trinajstić information content (AvgIpc) is 2.07. The summed E-state index contributed by atoms with van der Waals surface area (Å²) in [5.41, 5.74) is 0. The van der Waals surface area contributed by atoms with E-state index < -0.39 is 0 Å². The van der Waals surface area contributed by atoms with Crippen molar-refractivity contribution < 1.29 is 9.90 Å². The lowest BCUT2D eigenvalue weighted by Gasteiger charge is -2.37. The normalized spacial score (nSPS) is 42.4. The molecular weight excluding hydrogens is 152 g/mol. The second-order valence-corrected chi connectivity index (χ2v) is 4.13. The molecule has 0 radical (unpaired) electrons. The van der Waals surface area contributed by atoms with Gasteiger partial charge in [0.2, 0.25) is 0 Å². The number of aliphatic hydroxyl groups excluding tert-OH is 1. The summed E-state index contributed by atoms with van der Waals surface area (Å²) >= 11 is 0. The highest BCUT2D eigenvalue weighted by Crippen LogP contribution is 2.38. The summed E-state index contributed by atoms with van der Waals surface area (Å²) in [5.74, 6) is 0.924. The van der Waals surface area contributed by atoms with Crippen LogP contribution >= 0.6 is 0 Å². The number of carbonyl (C=O) groups excluding carboxylic acids is 1. The summed E-state index contributed by atoms with van der Waals surface area (Å²) in [7, 11) is 0. The molecule has 0 bridgehead atoms. The van der Waals surface area contributed by atoms with Crippen LogP contribution in [0, 0.1) is 11.8 Å². The van der Waals surface area contributed by atoms with Gasteiger partial charge >= 0.3 is 0 Å². The molecule has 0 aromatic rings. The zero-order valence-electron chi connectivity index (χ0n) is 7.33. The maximum Gasteiger partial charge on any atom is 0.136 e. The molecule has 0 saturated heterocycles. The first kappa shape index (κ1) is 8.24. The largest absolute Gasteiger partial charge is 0.393 e. The van der Waals surface area contributed by atoms with Gasteiger partial charge in [0.05, 0.1) is 6.10 Å². The van der Waals surface area contributed by atoms with Crippen molar-refractivity contribution >= 4 is 5.78 Å². The molecule has 2 rings (SSSR count). The Morgan fingerprint density at radius 1 is 1.17 bits per heavy atom. The number of carbonyl (C=O) groups is 1. The van der Waals surface area contributed by atoms with E-state index in [1.165, 1.54) is 0 Å². The van der Waals surface area contributed by atoms with Crippen LogP contribution in [0.3, 0.4) is 0 Å². The predicted octanol–water partition coefficient (Wildman–Crippen LogP) is 1.52. The van der Waals surface area contributed by atoms with Crippen LogP contribution in [0.4, 0.5) is 0 Å². The van der Waals surface area contributed by atoms with Crippen LogP contribution in [-0.4, -0.2) is 17.0 Å². The Balaban J connectivity index is 2.10. The van der Waals surface area contributed by atoms with Crippen molar-refractivity contribution in [3.05, 3.63) is 0 Å². The lowest BCUT2D eigenvalue weighted by Crippen LogP contribution is -2.39. The molecule has 12 heavy (non-hydrogen) atoms. The van der Waals surface area contributed by atoms with Gasteiger partial charge < -0.3 is 5.11 Å². The van der Waals surface area contributed by atoms with Crippen molar-refractivity contribution in [3.63, 3.8) is 0 Å². The average molecular weight is 168 g/mol. The Labute approximate surface area is 73.0 Å². The van der Waals surface area contributed by atoms with Crippen molar-refractivity contribution in [2.24, 2.45) is 11.8 Å². The molecule has 0 aliphatic heterocycles. The summed E-state index contributed by atoms with van der Waals surface area (Å²) in [5, 5.41) is 9.67. The van der Waals surface area contributed by atoms with Crippen molar-refractivity contribution in [1.29, 1.82) is 0 Å². The van der Waals surface area contributed by atoms with Gasteiger partial charge in [-0.2, -0.15) is 0 Å². The van der Waals surface area contributed by atoms with E-state index in [2.05, 4.69) is 0 Å². The van der Waals surface area contributed by atoms with Crippen LogP contribution in [0.25, 0.3) is 0 Å². The minimum Gasteiger partial charge on any atom is -0.393 e. The minimum absolute atomic E-state index is 0.187. The van der Waals surface area contributed by atoms with E-state index in [0.717, 1.165) is 38.5 Å². The van der Waals surface area contributed by atoms with E-state index in [1.54, 1.807) is 0 Å². The minimum atomic E-state index is -0.187. The van der Waals surface area contributed by atoms with Crippen LogP contribution in [0.5, 0.6) is 0 Å². The highest BCUT2D eigenvalue weighted by atomic mass is 16.3. The molecule has 0 aromatic heterocycles. The predicted molar refractivity (Wildman–Crippen MR) is 45.7 cm³/mol. The molecule has 0 unspecified atom stereocenters. The van der Waals surface area contributed by atoms with Crippen molar-refractivity contribution in [2.45, 2.75) is 44.6 Å². The summed E-state index contributed by atoms with van der Waals surface area (Å²) in [6.07, 6.45) is 5.61. The van der Waals surface area contributed by atoms with Gasteiger partial charge in [0.15, 0.2) is 0 Å². The Morgan fingerprint density at radius 3 is 2.75 bits per heavy atom. The zero-order chi connectivity index (χ0) is 8.55. The quantitative estimate of drug-likeness (QED) is 0.595. The fourth-order valence-electron chi connectivity index (χ4n) is 2.73. The molecule has 0 aromatic carbocycles. The van der Waals surface area contributed by atoms with Crippen LogP contribution in [0.1, 0.15) is 38.5 Å². The number of hydrogen-bond donors (Lipinski definition) is 1. The SMILES string of the molecule is O=C1CCC[C@H]2[C@@H]1CCC[C@@H]2O. The first-order valence-corrected chi connectivity index (χ1v) is 5.00. The molecular formula is C10H16O2. The highest BCUT2D eigenvalue weighted by Gasteiger charge is 2.38.